The zero-order valence-corrected chi connectivity index (χ0v) is 15.7. The number of methoxy groups -OCH3 is 1. The van der Waals surface area contributed by atoms with Gasteiger partial charge in [-0.15, -0.1) is 0 Å². The molecule has 144 valence electrons. The van der Waals surface area contributed by atoms with Crippen LogP contribution in [0.5, 0.6) is 11.5 Å². The van der Waals surface area contributed by atoms with Crippen molar-refractivity contribution in [1.29, 1.82) is 0 Å². The molecule has 3 rings (SSSR count). The van der Waals surface area contributed by atoms with Gasteiger partial charge in [0.1, 0.15) is 12.4 Å². The molecule has 27 heavy (non-hydrogen) atoms. The summed E-state index contributed by atoms with van der Waals surface area (Å²) in [5.41, 5.74) is 0.752. The van der Waals surface area contributed by atoms with Crippen molar-refractivity contribution in [2.24, 2.45) is 0 Å². The summed E-state index contributed by atoms with van der Waals surface area (Å²) in [4.78, 5) is 12.2. The van der Waals surface area contributed by atoms with Crippen LogP contribution >= 0.6 is 11.6 Å². The van der Waals surface area contributed by atoms with Gasteiger partial charge in [-0.3, -0.25) is 4.79 Å². The van der Waals surface area contributed by atoms with E-state index in [1.165, 1.54) is 12.1 Å². The molecule has 0 aliphatic carbocycles. The number of halogens is 2. The third-order valence-corrected chi connectivity index (χ3v) is 4.54. The lowest BCUT2D eigenvalue weighted by Gasteiger charge is -2.15. The fraction of sp³-hybridized carbons (Fsp3) is 0.350. The molecule has 1 heterocycles. The van der Waals surface area contributed by atoms with Crippen LogP contribution in [-0.2, 0) is 11.3 Å². The Morgan fingerprint density at radius 2 is 2.15 bits per heavy atom. The quantitative estimate of drug-likeness (QED) is 0.773. The monoisotopic (exact) mass is 393 g/mol. The lowest BCUT2D eigenvalue weighted by Crippen LogP contribution is -2.23. The Bertz CT molecular complexity index is 809. The van der Waals surface area contributed by atoms with E-state index in [0.717, 1.165) is 31.1 Å². The van der Waals surface area contributed by atoms with Crippen molar-refractivity contribution < 1.29 is 23.4 Å². The Kier molecular flexibility index (Phi) is 6.53. The first-order valence-corrected chi connectivity index (χ1v) is 9.09. The average Bonchev–Trinajstić information content (AvgIpc) is 3.18. The molecule has 1 aliphatic rings. The molecule has 0 spiro atoms. The van der Waals surface area contributed by atoms with E-state index in [0.29, 0.717) is 18.1 Å². The molecule has 1 amide bonds. The zero-order valence-electron chi connectivity index (χ0n) is 15.0. The van der Waals surface area contributed by atoms with Crippen LogP contribution in [0.2, 0.25) is 5.02 Å². The Balaban J connectivity index is 1.60. The number of nitrogens with one attached hydrogen (secondary N) is 1. The van der Waals surface area contributed by atoms with Gasteiger partial charge in [-0.05, 0) is 48.7 Å². The molecule has 0 radical (unpaired) electrons. The van der Waals surface area contributed by atoms with E-state index in [1.54, 1.807) is 19.2 Å². The minimum Gasteiger partial charge on any atom is -0.493 e. The molecule has 0 aromatic heterocycles. The summed E-state index contributed by atoms with van der Waals surface area (Å²) in [6, 6.07) is 9.34. The van der Waals surface area contributed by atoms with Gasteiger partial charge in [0, 0.05) is 18.2 Å². The Morgan fingerprint density at radius 1 is 1.30 bits per heavy atom. The van der Waals surface area contributed by atoms with Crippen molar-refractivity contribution in [1.82, 2.24) is 5.32 Å². The van der Waals surface area contributed by atoms with Crippen LogP contribution < -0.4 is 14.8 Å². The Hall–Kier alpha value is -2.31. The molecular formula is C20H21ClFNO4. The number of ether oxygens (including phenoxy) is 3. The van der Waals surface area contributed by atoms with Crippen molar-refractivity contribution in [3.05, 3.63) is 58.4 Å². The second-order valence-corrected chi connectivity index (χ2v) is 6.67. The predicted octanol–water partition coefficient (Wildman–Crippen LogP) is 3.98. The third kappa shape index (κ3) is 5.11. The van der Waals surface area contributed by atoms with Crippen molar-refractivity contribution in [3.63, 3.8) is 0 Å². The molecule has 5 nitrogen and oxygen atoms in total. The molecule has 1 atom stereocenters. The van der Waals surface area contributed by atoms with Gasteiger partial charge in [-0.1, -0.05) is 17.7 Å². The molecule has 2 aromatic carbocycles. The summed E-state index contributed by atoms with van der Waals surface area (Å²) < 4.78 is 30.5. The second-order valence-electron chi connectivity index (χ2n) is 6.24. The summed E-state index contributed by atoms with van der Waals surface area (Å²) in [5.74, 6) is 0.0153. The average molecular weight is 394 g/mol. The highest BCUT2D eigenvalue weighted by Gasteiger charge is 2.17. The normalized spacial score (nSPS) is 16.2. The van der Waals surface area contributed by atoms with Crippen LogP contribution in [0.15, 0.2) is 36.4 Å². The number of carbonyl (C=O) groups excluding carboxylic acids is 1. The maximum atomic E-state index is 13.8. The summed E-state index contributed by atoms with van der Waals surface area (Å²) in [7, 11) is 1.56. The number of rotatable bonds is 7. The van der Waals surface area contributed by atoms with E-state index in [1.807, 2.05) is 6.07 Å². The lowest BCUT2D eigenvalue weighted by atomic mass is 10.1. The van der Waals surface area contributed by atoms with Crippen molar-refractivity contribution >= 4 is 17.5 Å². The minimum absolute atomic E-state index is 0.0529. The van der Waals surface area contributed by atoms with Crippen LogP contribution in [0.1, 0.15) is 28.8 Å². The molecule has 1 aliphatic heterocycles. The molecular weight excluding hydrogens is 373 g/mol. The molecule has 1 saturated heterocycles. The van der Waals surface area contributed by atoms with Crippen molar-refractivity contribution in [2.45, 2.75) is 25.5 Å². The topological polar surface area (TPSA) is 56.8 Å². The van der Waals surface area contributed by atoms with E-state index in [4.69, 9.17) is 25.8 Å². The third-order valence-electron chi connectivity index (χ3n) is 4.31. The van der Waals surface area contributed by atoms with E-state index in [2.05, 4.69) is 5.32 Å². The zero-order chi connectivity index (χ0) is 19.2. The van der Waals surface area contributed by atoms with Gasteiger partial charge in [-0.2, -0.15) is 0 Å². The second kappa shape index (κ2) is 9.06. The van der Waals surface area contributed by atoms with Gasteiger partial charge < -0.3 is 19.5 Å². The van der Waals surface area contributed by atoms with E-state index in [-0.39, 0.29) is 23.2 Å². The van der Waals surface area contributed by atoms with E-state index >= 15 is 0 Å². The van der Waals surface area contributed by atoms with Crippen molar-refractivity contribution in [2.75, 3.05) is 20.3 Å². The number of hydrogen-bond donors (Lipinski definition) is 1. The van der Waals surface area contributed by atoms with Crippen molar-refractivity contribution in [3.8, 4) is 11.5 Å². The number of amides is 1. The standard InChI is InChI=1S/C20H21ClFNO4/c1-25-19-9-13(4-7-18(19)27-12-15-3-2-8-26-15)11-23-20(24)16-6-5-14(21)10-17(16)22/h4-7,9-10,15H,2-3,8,11-12H2,1H3,(H,23,24). The SMILES string of the molecule is COc1cc(CNC(=O)c2ccc(Cl)cc2F)ccc1OCC1CCCO1. The van der Waals surface area contributed by atoms with Gasteiger partial charge in [0.25, 0.3) is 5.91 Å². The highest BCUT2D eigenvalue weighted by atomic mass is 35.5. The molecule has 1 N–H and O–H groups in total. The number of hydrogen-bond acceptors (Lipinski definition) is 4. The largest absolute Gasteiger partial charge is 0.493 e. The minimum atomic E-state index is -0.657. The highest BCUT2D eigenvalue weighted by molar-refractivity contribution is 6.30. The fourth-order valence-electron chi connectivity index (χ4n) is 2.85. The molecule has 2 aromatic rings. The van der Waals surface area contributed by atoms with Crippen LogP contribution in [0.25, 0.3) is 0 Å². The van der Waals surface area contributed by atoms with Crippen LogP contribution in [0.4, 0.5) is 4.39 Å². The van der Waals surface area contributed by atoms with Gasteiger partial charge in [-0.25, -0.2) is 4.39 Å². The molecule has 0 saturated carbocycles. The Morgan fingerprint density at radius 3 is 2.85 bits per heavy atom. The van der Waals surface area contributed by atoms with Gasteiger partial charge in [0.15, 0.2) is 11.5 Å². The molecule has 1 fully saturated rings. The Labute approximate surface area is 162 Å². The first-order chi connectivity index (χ1) is 13.1. The lowest BCUT2D eigenvalue weighted by molar-refractivity contribution is 0.0669. The first kappa shape index (κ1) is 19.5. The first-order valence-electron chi connectivity index (χ1n) is 8.71. The van der Waals surface area contributed by atoms with Gasteiger partial charge in [0.2, 0.25) is 0 Å². The van der Waals surface area contributed by atoms with E-state index < -0.39 is 11.7 Å². The summed E-state index contributed by atoms with van der Waals surface area (Å²) >= 11 is 5.70. The maximum absolute atomic E-state index is 13.8. The van der Waals surface area contributed by atoms with E-state index in [9.17, 15) is 9.18 Å². The smallest absolute Gasteiger partial charge is 0.254 e. The summed E-state index contributed by atoms with van der Waals surface area (Å²) in [6.45, 7) is 1.48. The summed E-state index contributed by atoms with van der Waals surface area (Å²) in [5, 5.41) is 2.93. The van der Waals surface area contributed by atoms with Gasteiger partial charge >= 0.3 is 0 Å². The molecule has 1 unspecified atom stereocenters. The summed E-state index contributed by atoms with van der Waals surface area (Å²) in [6.07, 6.45) is 2.16. The highest BCUT2D eigenvalue weighted by Crippen LogP contribution is 2.29. The number of carbonyl (C=O) groups is 1. The maximum Gasteiger partial charge on any atom is 0.254 e. The molecule has 7 heteroatoms. The van der Waals surface area contributed by atoms with Crippen LogP contribution in [0, 0.1) is 5.82 Å². The van der Waals surface area contributed by atoms with Gasteiger partial charge in [0.05, 0.1) is 18.8 Å². The number of benzene rings is 2. The van der Waals surface area contributed by atoms with Crippen LogP contribution in [0.3, 0.4) is 0 Å². The fourth-order valence-corrected chi connectivity index (χ4v) is 3.01. The van der Waals surface area contributed by atoms with Crippen LogP contribution in [-0.4, -0.2) is 32.3 Å². The molecule has 0 bridgehead atoms. The predicted molar refractivity (Wildman–Crippen MR) is 100 cm³/mol.